The van der Waals surface area contributed by atoms with Gasteiger partial charge in [-0.2, -0.15) is 0 Å². The lowest BCUT2D eigenvalue weighted by atomic mass is 10.1. The molecule has 2 aromatic carbocycles. The van der Waals surface area contributed by atoms with Crippen molar-refractivity contribution in [1.82, 2.24) is 4.90 Å². The van der Waals surface area contributed by atoms with Gasteiger partial charge in [-0.1, -0.05) is 78.9 Å². The van der Waals surface area contributed by atoms with E-state index in [1.165, 1.54) is 4.90 Å². The number of carboxylic acids is 1. The molecular weight excluding hydrogens is 430 g/mol. The molecule has 0 bridgehead atoms. The van der Waals surface area contributed by atoms with Gasteiger partial charge in [0.15, 0.2) is 0 Å². The Kier molecular flexibility index (Phi) is 6.95. The summed E-state index contributed by atoms with van der Waals surface area (Å²) in [6.45, 7) is 1.99. The molecule has 3 rings (SSSR count). The van der Waals surface area contributed by atoms with Crippen molar-refractivity contribution in [2.24, 2.45) is 0 Å². The number of amides is 1. The van der Waals surface area contributed by atoms with E-state index in [9.17, 15) is 14.7 Å². The number of ether oxygens (including phenoxy) is 1. The van der Waals surface area contributed by atoms with Crippen LogP contribution >= 0.6 is 35.6 Å². The molecule has 1 aliphatic heterocycles. The molecule has 0 aromatic heterocycles. The summed E-state index contributed by atoms with van der Waals surface area (Å²) in [6.07, 6.45) is 1.95. The van der Waals surface area contributed by atoms with E-state index in [1.807, 2.05) is 36.4 Å². The van der Waals surface area contributed by atoms with Gasteiger partial charge in [0.2, 0.25) is 0 Å². The van der Waals surface area contributed by atoms with Gasteiger partial charge in [0.1, 0.15) is 22.7 Å². The number of rotatable bonds is 7. The maximum absolute atomic E-state index is 12.8. The molecule has 1 amide bonds. The predicted molar refractivity (Wildman–Crippen MR) is 119 cm³/mol. The van der Waals surface area contributed by atoms with Crippen molar-refractivity contribution in [2.45, 2.75) is 26.0 Å². The molecule has 1 atom stereocenters. The average molecular weight is 448 g/mol. The Balaban J connectivity index is 1.84. The minimum Gasteiger partial charge on any atom is -0.488 e. The highest BCUT2D eigenvalue weighted by Gasteiger charge is 2.39. The molecule has 1 heterocycles. The minimum absolute atomic E-state index is 0.241. The number of halogens is 1. The third-order valence-corrected chi connectivity index (χ3v) is 6.05. The van der Waals surface area contributed by atoms with E-state index in [0.717, 1.165) is 17.3 Å². The van der Waals surface area contributed by atoms with Gasteiger partial charge in [0, 0.05) is 16.1 Å². The number of nitrogens with zero attached hydrogens (tertiary/aromatic N) is 1. The third kappa shape index (κ3) is 4.80. The highest BCUT2D eigenvalue weighted by Crippen LogP contribution is 2.36. The van der Waals surface area contributed by atoms with E-state index in [2.05, 4.69) is 0 Å². The second kappa shape index (κ2) is 9.43. The summed E-state index contributed by atoms with van der Waals surface area (Å²) >= 11 is 12.5. The van der Waals surface area contributed by atoms with Crippen LogP contribution in [0.2, 0.25) is 5.02 Å². The first-order valence-corrected chi connectivity index (χ1v) is 10.5. The van der Waals surface area contributed by atoms with Crippen LogP contribution in [0.5, 0.6) is 5.75 Å². The van der Waals surface area contributed by atoms with Gasteiger partial charge >= 0.3 is 5.97 Å². The van der Waals surface area contributed by atoms with Crippen LogP contribution < -0.4 is 4.74 Å². The number of carboxylic acid groups (broad SMARTS) is 1. The topological polar surface area (TPSA) is 66.8 Å². The molecule has 8 heteroatoms. The largest absolute Gasteiger partial charge is 0.488 e. The number of benzene rings is 2. The Morgan fingerprint density at radius 3 is 2.66 bits per heavy atom. The van der Waals surface area contributed by atoms with Crippen LogP contribution in [0.3, 0.4) is 0 Å². The lowest BCUT2D eigenvalue weighted by Crippen LogP contribution is -2.43. The molecule has 1 N–H and O–H groups in total. The van der Waals surface area contributed by atoms with Crippen LogP contribution in [-0.4, -0.2) is 32.2 Å². The standard InChI is InChI=1S/C21H18ClNO4S2/c1-2-16(20(25)26)23-19(24)18(29-21(23)28)11-13-7-4-6-10-17(13)27-12-14-8-3-5-9-15(14)22/h3-11,16H,2,12H2,1H3,(H,25,26)/b18-11-/t16-/m0/s1. The van der Waals surface area contributed by atoms with Crippen LogP contribution in [0.25, 0.3) is 6.08 Å². The summed E-state index contributed by atoms with van der Waals surface area (Å²) in [5, 5.41) is 9.99. The SMILES string of the molecule is CC[C@@H](C(=O)O)N1C(=O)/C(=C/c2ccccc2OCc2ccccc2Cl)SC1=S. The lowest BCUT2D eigenvalue weighted by molar-refractivity contribution is -0.145. The summed E-state index contributed by atoms with van der Waals surface area (Å²) in [5.41, 5.74) is 1.55. The maximum Gasteiger partial charge on any atom is 0.326 e. The minimum atomic E-state index is -1.08. The zero-order valence-electron chi connectivity index (χ0n) is 15.5. The summed E-state index contributed by atoms with van der Waals surface area (Å²) in [4.78, 5) is 25.8. The van der Waals surface area contributed by atoms with Crippen LogP contribution in [0.4, 0.5) is 0 Å². The molecule has 1 fully saturated rings. The van der Waals surface area contributed by atoms with Gasteiger partial charge in [0.05, 0.1) is 4.91 Å². The molecule has 29 heavy (non-hydrogen) atoms. The number of thiocarbonyl (C=S) groups is 1. The Bertz CT molecular complexity index is 992. The Labute approximate surface area is 183 Å². The number of hydrogen-bond donors (Lipinski definition) is 1. The number of carbonyl (C=O) groups is 2. The highest BCUT2D eigenvalue weighted by atomic mass is 35.5. The zero-order chi connectivity index (χ0) is 21.0. The third-order valence-electron chi connectivity index (χ3n) is 4.35. The molecule has 150 valence electrons. The number of para-hydroxylation sites is 1. The number of aliphatic carboxylic acids is 1. The van der Waals surface area contributed by atoms with E-state index in [4.69, 9.17) is 28.6 Å². The van der Waals surface area contributed by atoms with E-state index in [0.29, 0.717) is 21.2 Å². The smallest absolute Gasteiger partial charge is 0.326 e. The molecular formula is C21H18ClNO4S2. The molecule has 0 spiro atoms. The molecule has 0 aliphatic carbocycles. The normalized spacial score (nSPS) is 16.3. The van der Waals surface area contributed by atoms with Gasteiger partial charge in [-0.15, -0.1) is 0 Å². The molecule has 1 saturated heterocycles. The lowest BCUT2D eigenvalue weighted by Gasteiger charge is -2.21. The van der Waals surface area contributed by atoms with Crippen LogP contribution in [0.1, 0.15) is 24.5 Å². The van der Waals surface area contributed by atoms with Crippen molar-refractivity contribution in [1.29, 1.82) is 0 Å². The van der Waals surface area contributed by atoms with Gasteiger partial charge in [-0.05, 0) is 24.6 Å². The highest BCUT2D eigenvalue weighted by molar-refractivity contribution is 8.26. The fourth-order valence-corrected chi connectivity index (χ4v) is 4.40. The fraction of sp³-hybridized carbons (Fsp3) is 0.190. The summed E-state index contributed by atoms with van der Waals surface area (Å²) in [5.74, 6) is -0.897. The first-order valence-electron chi connectivity index (χ1n) is 8.87. The van der Waals surface area contributed by atoms with E-state index >= 15 is 0 Å². The summed E-state index contributed by atoms with van der Waals surface area (Å²) in [6, 6.07) is 13.7. The van der Waals surface area contributed by atoms with Gasteiger partial charge in [-0.25, -0.2) is 4.79 Å². The molecule has 0 radical (unpaired) electrons. The molecule has 0 unspecified atom stereocenters. The van der Waals surface area contributed by atoms with E-state index in [-0.39, 0.29) is 17.3 Å². The zero-order valence-corrected chi connectivity index (χ0v) is 17.9. The van der Waals surface area contributed by atoms with Crippen molar-refractivity contribution in [2.75, 3.05) is 0 Å². The van der Waals surface area contributed by atoms with E-state index < -0.39 is 17.9 Å². The van der Waals surface area contributed by atoms with Crippen LogP contribution in [0.15, 0.2) is 53.4 Å². The monoisotopic (exact) mass is 447 g/mol. The number of thioether (sulfide) groups is 1. The molecule has 2 aromatic rings. The second-order valence-corrected chi connectivity index (χ2v) is 8.31. The van der Waals surface area contributed by atoms with Crippen LogP contribution in [0, 0.1) is 0 Å². The van der Waals surface area contributed by atoms with Gasteiger partial charge < -0.3 is 9.84 Å². The van der Waals surface area contributed by atoms with Gasteiger partial charge in [-0.3, -0.25) is 9.69 Å². The first-order chi connectivity index (χ1) is 13.9. The molecule has 1 aliphatic rings. The van der Waals surface area contributed by atoms with Crippen molar-refractivity contribution < 1.29 is 19.4 Å². The van der Waals surface area contributed by atoms with Crippen molar-refractivity contribution in [3.05, 3.63) is 69.6 Å². The predicted octanol–water partition coefficient (Wildman–Crippen LogP) is 4.98. The van der Waals surface area contributed by atoms with Gasteiger partial charge in [0.25, 0.3) is 5.91 Å². The molecule has 0 saturated carbocycles. The average Bonchev–Trinajstić information content (AvgIpc) is 2.96. The summed E-state index contributed by atoms with van der Waals surface area (Å²) < 4.78 is 6.16. The second-order valence-electron chi connectivity index (χ2n) is 6.23. The fourth-order valence-electron chi connectivity index (χ4n) is 2.86. The Morgan fingerprint density at radius 2 is 1.97 bits per heavy atom. The van der Waals surface area contributed by atoms with Crippen molar-refractivity contribution in [3.63, 3.8) is 0 Å². The Hall–Kier alpha value is -2.35. The maximum atomic E-state index is 12.8. The van der Waals surface area contributed by atoms with Crippen LogP contribution in [-0.2, 0) is 16.2 Å². The quantitative estimate of drug-likeness (QED) is 0.476. The van der Waals surface area contributed by atoms with Crippen molar-refractivity contribution in [3.8, 4) is 5.75 Å². The first kappa shape index (κ1) is 21.4. The number of hydrogen-bond acceptors (Lipinski definition) is 5. The van der Waals surface area contributed by atoms with E-state index in [1.54, 1.807) is 25.1 Å². The molecule has 5 nitrogen and oxygen atoms in total. The number of carbonyl (C=O) groups excluding carboxylic acids is 1. The Morgan fingerprint density at radius 1 is 1.28 bits per heavy atom. The summed E-state index contributed by atoms with van der Waals surface area (Å²) in [7, 11) is 0. The van der Waals surface area contributed by atoms with Crippen molar-refractivity contribution >= 4 is 57.9 Å².